The first-order valence-electron chi connectivity index (χ1n) is 5.35. The third kappa shape index (κ3) is 4.99. The van der Waals surface area contributed by atoms with Gasteiger partial charge in [0.25, 0.3) is 0 Å². The first-order chi connectivity index (χ1) is 7.99. The highest BCUT2D eigenvalue weighted by Crippen LogP contribution is 2.08. The van der Waals surface area contributed by atoms with Gasteiger partial charge in [-0.3, -0.25) is 4.79 Å². The molecular weight excluding hydrogens is 240 g/mol. The Morgan fingerprint density at radius 1 is 1.18 bits per heavy atom. The number of carbonyl (C=O) groups excluding carboxylic acids is 1. The highest BCUT2D eigenvalue weighted by atomic mass is 32.2. The van der Waals surface area contributed by atoms with Crippen LogP contribution in [0.25, 0.3) is 0 Å². The van der Waals surface area contributed by atoms with Crippen LogP contribution in [0.1, 0.15) is 25.0 Å². The summed E-state index contributed by atoms with van der Waals surface area (Å²) in [5.41, 5.74) is 1.59. The van der Waals surface area contributed by atoms with Gasteiger partial charge in [0.1, 0.15) is 17.3 Å². The smallest absolute Gasteiger partial charge is 0.308 e. The molecule has 0 spiro atoms. The van der Waals surface area contributed by atoms with Gasteiger partial charge in [-0.15, -0.1) is 0 Å². The van der Waals surface area contributed by atoms with Crippen LogP contribution in [0.2, 0.25) is 0 Å². The predicted molar refractivity (Wildman–Crippen MR) is 65.1 cm³/mol. The quantitative estimate of drug-likeness (QED) is 0.640. The molecule has 0 atom stereocenters. The number of esters is 1. The molecule has 0 aliphatic rings. The van der Waals surface area contributed by atoms with E-state index in [1.54, 1.807) is 38.1 Å². The molecule has 0 heterocycles. The number of rotatable bonds is 5. The maximum Gasteiger partial charge on any atom is 0.308 e. The Kier molecular flexibility index (Phi) is 5.15. The van der Waals surface area contributed by atoms with E-state index in [-0.39, 0.29) is 24.2 Å². The minimum atomic E-state index is -2.40. The van der Waals surface area contributed by atoms with Crippen molar-refractivity contribution in [2.75, 3.05) is 0 Å². The zero-order valence-electron chi connectivity index (χ0n) is 9.88. The van der Waals surface area contributed by atoms with Crippen molar-refractivity contribution in [3.8, 4) is 0 Å². The van der Waals surface area contributed by atoms with Crippen molar-refractivity contribution in [2.45, 2.75) is 26.2 Å². The zero-order valence-corrected chi connectivity index (χ0v) is 10.8. The van der Waals surface area contributed by atoms with Crippen LogP contribution >= 0.6 is 0 Å². The summed E-state index contributed by atoms with van der Waals surface area (Å²) in [4.78, 5) is 11.2. The van der Waals surface area contributed by atoms with Crippen LogP contribution in [0.3, 0.4) is 0 Å². The largest absolute Gasteiger partial charge is 0.461 e. The molecule has 4 nitrogen and oxygen atoms in total. The van der Waals surface area contributed by atoms with Gasteiger partial charge in [0.15, 0.2) is 0 Å². The average Bonchev–Trinajstić information content (AvgIpc) is 2.26. The van der Waals surface area contributed by atoms with E-state index >= 15 is 0 Å². The predicted octanol–water partition coefficient (Wildman–Crippen LogP) is 1.50. The van der Waals surface area contributed by atoms with E-state index in [1.807, 2.05) is 0 Å². The van der Waals surface area contributed by atoms with Crippen molar-refractivity contribution >= 4 is 16.7 Å². The Bertz CT molecular complexity index is 438. The van der Waals surface area contributed by atoms with Gasteiger partial charge in [-0.25, -0.2) is 8.42 Å². The van der Waals surface area contributed by atoms with Crippen LogP contribution < -0.4 is 0 Å². The monoisotopic (exact) mass is 256 g/mol. The molecule has 0 saturated carbocycles. The van der Waals surface area contributed by atoms with Crippen LogP contribution in [0, 0.1) is 5.92 Å². The van der Waals surface area contributed by atoms with Gasteiger partial charge in [0.05, 0.1) is 11.7 Å². The molecule has 94 valence electrons. The number of thiol groups is 1. The van der Waals surface area contributed by atoms with E-state index in [1.165, 1.54) is 0 Å². The first kappa shape index (κ1) is 13.7. The molecule has 5 heteroatoms. The minimum Gasteiger partial charge on any atom is -0.461 e. The summed E-state index contributed by atoms with van der Waals surface area (Å²) in [6.07, 6.45) is 0. The van der Waals surface area contributed by atoms with E-state index in [4.69, 9.17) is 4.74 Å². The van der Waals surface area contributed by atoms with Crippen LogP contribution in [0.5, 0.6) is 0 Å². The van der Waals surface area contributed by atoms with Crippen molar-refractivity contribution < 1.29 is 17.9 Å². The summed E-state index contributed by atoms with van der Waals surface area (Å²) in [6.45, 7) is 3.77. The summed E-state index contributed by atoms with van der Waals surface area (Å²) in [6, 6.07) is 6.98. The van der Waals surface area contributed by atoms with Gasteiger partial charge in [-0.1, -0.05) is 38.1 Å². The Hall–Kier alpha value is -1.36. The molecule has 0 aromatic heterocycles. The average molecular weight is 256 g/mol. The molecule has 1 aromatic rings. The van der Waals surface area contributed by atoms with Crippen LogP contribution in [0.4, 0.5) is 0 Å². The molecule has 0 unspecified atom stereocenters. The molecule has 0 bridgehead atoms. The van der Waals surface area contributed by atoms with Crippen molar-refractivity contribution in [1.82, 2.24) is 0 Å². The number of benzene rings is 1. The molecule has 0 aliphatic carbocycles. The molecule has 0 saturated heterocycles. The Labute approximate surface area is 103 Å². The fourth-order valence-electron chi connectivity index (χ4n) is 1.21. The zero-order chi connectivity index (χ0) is 12.8. The Morgan fingerprint density at radius 2 is 1.71 bits per heavy atom. The third-order valence-corrected chi connectivity index (χ3v) is 2.81. The summed E-state index contributed by atoms with van der Waals surface area (Å²) in [7, 11) is -2.40. The SMILES string of the molecule is CC(C)C(=O)OCc1ccc(C[SH](=O)=O)cc1. The molecule has 17 heavy (non-hydrogen) atoms. The summed E-state index contributed by atoms with van der Waals surface area (Å²) in [5.74, 6) is -0.336. The fourth-order valence-corrected chi connectivity index (χ4v) is 1.72. The third-order valence-electron chi connectivity index (χ3n) is 2.19. The molecule has 1 rings (SSSR count). The summed E-state index contributed by atoms with van der Waals surface area (Å²) in [5, 5.41) is 0. The van der Waals surface area contributed by atoms with Gasteiger partial charge in [-0.2, -0.15) is 0 Å². The highest BCUT2D eigenvalue weighted by molar-refractivity contribution is 7.71. The van der Waals surface area contributed by atoms with Crippen LogP contribution in [-0.4, -0.2) is 14.4 Å². The molecule has 1 aromatic carbocycles. The maximum absolute atomic E-state index is 11.2. The first-order valence-corrected chi connectivity index (χ1v) is 6.71. The lowest BCUT2D eigenvalue weighted by Gasteiger charge is -2.07. The fraction of sp³-hybridized carbons (Fsp3) is 0.417. The second-order valence-electron chi connectivity index (χ2n) is 4.07. The van der Waals surface area contributed by atoms with Crippen LogP contribution in [0.15, 0.2) is 24.3 Å². The molecular formula is C12H16O4S. The highest BCUT2D eigenvalue weighted by Gasteiger charge is 2.07. The lowest BCUT2D eigenvalue weighted by atomic mass is 10.1. The van der Waals surface area contributed by atoms with Crippen molar-refractivity contribution in [3.63, 3.8) is 0 Å². The van der Waals surface area contributed by atoms with Crippen molar-refractivity contribution in [3.05, 3.63) is 35.4 Å². The number of carbonyl (C=O) groups is 1. The molecule has 0 N–H and O–H groups in total. The second kappa shape index (κ2) is 6.39. The van der Waals surface area contributed by atoms with Gasteiger partial charge in [-0.05, 0) is 11.1 Å². The van der Waals surface area contributed by atoms with E-state index in [2.05, 4.69) is 0 Å². The van der Waals surface area contributed by atoms with Gasteiger partial charge in [0.2, 0.25) is 0 Å². The lowest BCUT2D eigenvalue weighted by molar-refractivity contribution is -0.148. The van der Waals surface area contributed by atoms with Gasteiger partial charge < -0.3 is 4.74 Å². The van der Waals surface area contributed by atoms with E-state index < -0.39 is 10.7 Å². The minimum absolute atomic E-state index is 0.0431. The van der Waals surface area contributed by atoms with Gasteiger partial charge in [0, 0.05) is 0 Å². The standard InChI is InChI=1S/C12H16O4S/c1-9(2)12(13)16-7-10-3-5-11(6-4-10)8-17(14)15/h3-6,9,17H,7-8H2,1-2H3. The van der Waals surface area contributed by atoms with Crippen LogP contribution in [-0.2, 0) is 32.6 Å². The second-order valence-corrected chi connectivity index (χ2v) is 5.05. The van der Waals surface area contributed by atoms with E-state index in [9.17, 15) is 13.2 Å². The molecule has 0 radical (unpaired) electrons. The summed E-state index contributed by atoms with van der Waals surface area (Å²) >= 11 is 0. The maximum atomic E-state index is 11.2. The molecule has 0 aliphatic heterocycles. The number of hydrogen-bond acceptors (Lipinski definition) is 4. The Morgan fingerprint density at radius 3 is 2.18 bits per heavy atom. The number of ether oxygens (including phenoxy) is 1. The summed E-state index contributed by atoms with van der Waals surface area (Å²) < 4.78 is 26.1. The van der Waals surface area contributed by atoms with E-state index in [0.29, 0.717) is 0 Å². The topological polar surface area (TPSA) is 60.4 Å². The van der Waals surface area contributed by atoms with Gasteiger partial charge >= 0.3 is 5.97 Å². The van der Waals surface area contributed by atoms with Crippen molar-refractivity contribution in [2.24, 2.45) is 5.92 Å². The van der Waals surface area contributed by atoms with Crippen molar-refractivity contribution in [1.29, 1.82) is 0 Å². The normalized spacial score (nSPS) is 10.8. The molecule has 0 fully saturated rings. The Balaban J connectivity index is 2.54. The number of hydrogen-bond donors (Lipinski definition) is 1. The lowest BCUT2D eigenvalue weighted by Crippen LogP contribution is -2.11. The molecule has 0 amide bonds. The van der Waals surface area contributed by atoms with E-state index in [0.717, 1.165) is 11.1 Å².